The van der Waals surface area contributed by atoms with Crippen molar-refractivity contribution in [2.45, 2.75) is 58.9 Å². The Morgan fingerprint density at radius 3 is 2.42 bits per heavy atom. The van der Waals surface area contributed by atoms with Crippen LogP contribution < -0.4 is 4.74 Å². The van der Waals surface area contributed by atoms with Gasteiger partial charge in [0, 0.05) is 6.42 Å². The van der Waals surface area contributed by atoms with Gasteiger partial charge in [-0.05, 0) is 73.2 Å². The van der Waals surface area contributed by atoms with Crippen LogP contribution in [-0.2, 0) is 33.8 Å². The minimum atomic E-state index is -0.729. The molecule has 1 atom stereocenters. The van der Waals surface area contributed by atoms with Crippen molar-refractivity contribution >= 4 is 12.1 Å². The van der Waals surface area contributed by atoms with Gasteiger partial charge in [0.1, 0.15) is 24.0 Å². The van der Waals surface area contributed by atoms with Gasteiger partial charge in [-0.25, -0.2) is 9.59 Å². The van der Waals surface area contributed by atoms with Gasteiger partial charge in [0.05, 0.1) is 13.7 Å². The topological polar surface area (TPSA) is 65.1 Å². The SMILES string of the molecule is COC(=O)[C@@H]1Cc2ccc(OCc3cccc(-c4ccccc4)c3C)cc2CN1C(=O)OC(C)(C)C. The highest BCUT2D eigenvalue weighted by molar-refractivity contribution is 5.82. The number of benzene rings is 3. The van der Waals surface area contributed by atoms with Crippen LogP contribution in [-0.4, -0.2) is 35.7 Å². The van der Waals surface area contributed by atoms with E-state index in [2.05, 4.69) is 31.2 Å². The number of nitrogens with zero attached hydrogens (tertiary/aromatic N) is 1. The smallest absolute Gasteiger partial charge is 0.411 e. The maximum Gasteiger partial charge on any atom is 0.411 e. The van der Waals surface area contributed by atoms with Crippen LogP contribution in [0, 0.1) is 6.92 Å². The zero-order valence-corrected chi connectivity index (χ0v) is 21.5. The molecule has 0 bridgehead atoms. The number of methoxy groups -OCH3 is 1. The lowest BCUT2D eigenvalue weighted by Crippen LogP contribution is -2.50. The number of rotatable bonds is 5. The summed E-state index contributed by atoms with van der Waals surface area (Å²) in [6.45, 7) is 8.18. The highest BCUT2D eigenvalue weighted by Crippen LogP contribution is 2.30. The molecule has 0 radical (unpaired) electrons. The second-order valence-corrected chi connectivity index (χ2v) is 10.0. The summed E-state index contributed by atoms with van der Waals surface area (Å²) < 4.78 is 16.7. The van der Waals surface area contributed by atoms with Gasteiger partial charge in [-0.15, -0.1) is 0 Å². The number of amides is 1. The Hall–Kier alpha value is -3.80. The largest absolute Gasteiger partial charge is 0.489 e. The quantitative estimate of drug-likeness (QED) is 0.408. The van der Waals surface area contributed by atoms with E-state index < -0.39 is 23.7 Å². The van der Waals surface area contributed by atoms with Gasteiger partial charge < -0.3 is 14.2 Å². The number of fused-ring (bicyclic) bond motifs is 1. The van der Waals surface area contributed by atoms with E-state index in [4.69, 9.17) is 14.2 Å². The first-order valence-corrected chi connectivity index (χ1v) is 12.1. The summed E-state index contributed by atoms with van der Waals surface area (Å²) in [6, 6.07) is 21.6. The summed E-state index contributed by atoms with van der Waals surface area (Å²) in [6.07, 6.45) is -0.178. The van der Waals surface area contributed by atoms with E-state index in [1.165, 1.54) is 28.7 Å². The molecule has 4 rings (SSSR count). The predicted octanol–water partition coefficient (Wildman–Crippen LogP) is 6.08. The first kappa shape index (κ1) is 25.3. The van der Waals surface area contributed by atoms with Gasteiger partial charge in [0.25, 0.3) is 0 Å². The molecule has 1 aliphatic heterocycles. The summed E-state index contributed by atoms with van der Waals surface area (Å²) in [5.74, 6) is 0.250. The Balaban J connectivity index is 1.53. The van der Waals surface area contributed by atoms with Crippen LogP contribution in [0.15, 0.2) is 66.7 Å². The van der Waals surface area contributed by atoms with Crippen molar-refractivity contribution < 1.29 is 23.8 Å². The molecule has 36 heavy (non-hydrogen) atoms. The van der Waals surface area contributed by atoms with Crippen LogP contribution in [0.4, 0.5) is 4.79 Å². The predicted molar refractivity (Wildman–Crippen MR) is 139 cm³/mol. The van der Waals surface area contributed by atoms with Gasteiger partial charge >= 0.3 is 12.1 Å². The average Bonchev–Trinajstić information content (AvgIpc) is 2.86. The van der Waals surface area contributed by atoms with E-state index in [1.54, 1.807) is 20.8 Å². The number of hydrogen-bond donors (Lipinski definition) is 0. The molecule has 6 nitrogen and oxygen atoms in total. The van der Waals surface area contributed by atoms with Crippen molar-refractivity contribution in [1.82, 2.24) is 4.90 Å². The molecular formula is C30H33NO5. The molecular weight excluding hydrogens is 454 g/mol. The molecule has 0 unspecified atom stereocenters. The Bertz CT molecular complexity index is 1250. The number of carbonyl (C=O) groups excluding carboxylic acids is 2. The van der Waals surface area contributed by atoms with Crippen LogP contribution in [0.25, 0.3) is 11.1 Å². The lowest BCUT2D eigenvalue weighted by atomic mass is 9.94. The number of ether oxygens (including phenoxy) is 3. The highest BCUT2D eigenvalue weighted by atomic mass is 16.6. The van der Waals surface area contributed by atoms with Gasteiger partial charge in [-0.1, -0.05) is 54.6 Å². The molecule has 1 aliphatic rings. The van der Waals surface area contributed by atoms with E-state index in [1.807, 2.05) is 42.5 Å². The lowest BCUT2D eigenvalue weighted by molar-refractivity contribution is -0.147. The summed E-state index contributed by atoms with van der Waals surface area (Å²) in [7, 11) is 1.33. The standard InChI is InChI=1S/C30H33NO5/c1-20-23(12-9-13-26(20)21-10-7-6-8-11-21)19-35-25-15-14-22-17-27(28(32)34-5)31(18-24(22)16-25)29(33)36-30(2,3)4/h6-16,27H,17-19H2,1-5H3/t27-/m0/s1. The molecule has 3 aromatic carbocycles. The molecule has 0 fully saturated rings. The van der Waals surface area contributed by atoms with Gasteiger partial charge in [-0.3, -0.25) is 4.90 Å². The molecule has 6 heteroatoms. The third kappa shape index (κ3) is 5.70. The Kier molecular flexibility index (Phi) is 7.34. The zero-order chi connectivity index (χ0) is 25.9. The third-order valence-electron chi connectivity index (χ3n) is 6.33. The molecule has 0 aliphatic carbocycles. The van der Waals surface area contributed by atoms with Crippen molar-refractivity contribution in [3.05, 3.63) is 89.0 Å². The summed E-state index contributed by atoms with van der Waals surface area (Å²) >= 11 is 0. The monoisotopic (exact) mass is 487 g/mol. The van der Waals surface area contributed by atoms with E-state index in [0.29, 0.717) is 18.8 Å². The van der Waals surface area contributed by atoms with E-state index in [0.717, 1.165) is 16.7 Å². The highest BCUT2D eigenvalue weighted by Gasteiger charge is 2.37. The van der Waals surface area contributed by atoms with E-state index in [9.17, 15) is 9.59 Å². The van der Waals surface area contributed by atoms with Crippen LogP contribution in [0.1, 0.15) is 43.0 Å². The minimum absolute atomic E-state index is 0.240. The van der Waals surface area contributed by atoms with Gasteiger partial charge in [-0.2, -0.15) is 0 Å². The van der Waals surface area contributed by atoms with Crippen LogP contribution in [0.3, 0.4) is 0 Å². The molecule has 0 saturated heterocycles. The molecule has 188 valence electrons. The van der Waals surface area contributed by atoms with E-state index >= 15 is 0 Å². The van der Waals surface area contributed by atoms with Crippen molar-refractivity contribution in [2.24, 2.45) is 0 Å². The number of hydrogen-bond acceptors (Lipinski definition) is 5. The maximum atomic E-state index is 12.9. The molecule has 0 saturated carbocycles. The second-order valence-electron chi connectivity index (χ2n) is 10.0. The molecule has 1 amide bonds. The Labute approximate surface area is 212 Å². The molecule has 0 aromatic heterocycles. The fourth-order valence-corrected chi connectivity index (χ4v) is 4.44. The van der Waals surface area contributed by atoms with Gasteiger partial charge in [0.15, 0.2) is 0 Å². The van der Waals surface area contributed by atoms with Crippen molar-refractivity contribution in [3.8, 4) is 16.9 Å². The van der Waals surface area contributed by atoms with Crippen molar-refractivity contribution in [3.63, 3.8) is 0 Å². The molecule has 0 spiro atoms. The fraction of sp³-hybridized carbons (Fsp3) is 0.333. The first-order chi connectivity index (χ1) is 17.2. The molecule has 3 aromatic rings. The fourth-order valence-electron chi connectivity index (χ4n) is 4.44. The summed E-state index contributed by atoms with van der Waals surface area (Å²) in [4.78, 5) is 26.8. The molecule has 0 N–H and O–H groups in total. The maximum absolute atomic E-state index is 12.9. The van der Waals surface area contributed by atoms with Crippen LogP contribution >= 0.6 is 0 Å². The normalized spacial score (nSPS) is 15.1. The van der Waals surface area contributed by atoms with Crippen molar-refractivity contribution in [2.75, 3.05) is 7.11 Å². The Morgan fingerprint density at radius 2 is 1.72 bits per heavy atom. The number of esters is 1. The Morgan fingerprint density at radius 1 is 0.972 bits per heavy atom. The minimum Gasteiger partial charge on any atom is -0.489 e. The summed E-state index contributed by atoms with van der Waals surface area (Å²) in [5.41, 5.74) is 5.88. The van der Waals surface area contributed by atoms with E-state index in [-0.39, 0.29) is 6.54 Å². The summed E-state index contributed by atoms with van der Waals surface area (Å²) in [5, 5.41) is 0. The second kappa shape index (κ2) is 10.4. The van der Waals surface area contributed by atoms with Crippen molar-refractivity contribution in [1.29, 1.82) is 0 Å². The average molecular weight is 488 g/mol. The van der Waals surface area contributed by atoms with Crippen LogP contribution in [0.5, 0.6) is 5.75 Å². The first-order valence-electron chi connectivity index (χ1n) is 12.1. The zero-order valence-electron chi connectivity index (χ0n) is 21.5. The van der Waals surface area contributed by atoms with Gasteiger partial charge in [0.2, 0.25) is 0 Å². The lowest BCUT2D eigenvalue weighted by Gasteiger charge is -2.36. The third-order valence-corrected chi connectivity index (χ3v) is 6.33. The van der Waals surface area contributed by atoms with Crippen LogP contribution in [0.2, 0.25) is 0 Å². The molecule has 1 heterocycles. The number of carbonyl (C=O) groups is 2.